The van der Waals surface area contributed by atoms with Crippen LogP contribution in [0.4, 0.5) is 30.4 Å². The maximum absolute atomic E-state index is 13.0. The van der Waals surface area contributed by atoms with Crippen molar-refractivity contribution in [1.82, 2.24) is 15.2 Å². The number of alkyl halides is 3. The van der Waals surface area contributed by atoms with Crippen molar-refractivity contribution in [3.63, 3.8) is 0 Å². The fraction of sp³-hybridized carbons (Fsp3) is 0.0500. The summed E-state index contributed by atoms with van der Waals surface area (Å²) in [6, 6.07) is 11.8. The van der Waals surface area contributed by atoms with Gasteiger partial charge in [-0.1, -0.05) is 15.9 Å². The molecule has 1 amide bonds. The molecule has 4 rings (SSSR count). The van der Waals surface area contributed by atoms with Gasteiger partial charge >= 0.3 is 6.18 Å². The summed E-state index contributed by atoms with van der Waals surface area (Å²) in [5.41, 5.74) is 0.785. The number of pyridine rings is 1. The van der Waals surface area contributed by atoms with Crippen molar-refractivity contribution in [1.29, 1.82) is 0 Å². The number of benzene rings is 2. The molecule has 0 unspecified atom stereocenters. The van der Waals surface area contributed by atoms with E-state index in [0.29, 0.717) is 5.69 Å². The smallest absolute Gasteiger partial charge is 0.340 e. The first-order valence-corrected chi connectivity index (χ1v) is 9.43. The molecule has 0 radical (unpaired) electrons. The number of amides is 1. The van der Waals surface area contributed by atoms with Crippen LogP contribution < -0.4 is 10.6 Å². The van der Waals surface area contributed by atoms with Crippen molar-refractivity contribution < 1.29 is 18.0 Å². The molecule has 0 saturated carbocycles. The van der Waals surface area contributed by atoms with Gasteiger partial charge in [0.05, 0.1) is 22.8 Å². The molecule has 0 aliphatic carbocycles. The molecular weight excluding hydrogens is 463 g/mol. The van der Waals surface area contributed by atoms with Crippen LogP contribution in [0.1, 0.15) is 15.9 Å². The molecular formula is C20H13BrF3N5O. The zero-order chi connectivity index (χ0) is 21.3. The maximum Gasteiger partial charge on any atom is 0.416 e. The van der Waals surface area contributed by atoms with Crippen LogP contribution >= 0.6 is 15.9 Å². The standard InChI is InChI=1S/C20H13BrF3N5O/c21-13-6-12(20(22,23)24)7-15(8-13)28-19(30)16-2-1-5-25-18(16)27-14-4-3-11-10-26-29-17(11)9-14/h1-10H,(H,25,27)(H,26,29)(H,28,30). The number of nitrogens with one attached hydrogen (secondary N) is 3. The van der Waals surface area contributed by atoms with Gasteiger partial charge in [0.25, 0.3) is 5.91 Å². The Hall–Kier alpha value is -3.40. The predicted molar refractivity (Wildman–Crippen MR) is 111 cm³/mol. The number of nitrogens with zero attached hydrogens (tertiary/aromatic N) is 2. The lowest BCUT2D eigenvalue weighted by atomic mass is 10.1. The lowest BCUT2D eigenvalue weighted by molar-refractivity contribution is -0.137. The van der Waals surface area contributed by atoms with E-state index in [1.165, 1.54) is 18.3 Å². The van der Waals surface area contributed by atoms with Crippen LogP contribution in [-0.4, -0.2) is 21.1 Å². The number of halogens is 4. The third-order valence-electron chi connectivity index (χ3n) is 4.24. The highest BCUT2D eigenvalue weighted by Gasteiger charge is 2.31. The normalized spacial score (nSPS) is 11.5. The molecule has 0 aliphatic heterocycles. The van der Waals surface area contributed by atoms with Crippen LogP contribution in [0, 0.1) is 0 Å². The highest BCUT2D eigenvalue weighted by Crippen LogP contribution is 2.33. The van der Waals surface area contributed by atoms with Crippen LogP contribution in [0.25, 0.3) is 10.9 Å². The molecule has 4 aromatic rings. The van der Waals surface area contributed by atoms with E-state index in [1.807, 2.05) is 12.1 Å². The number of anilines is 3. The molecule has 0 spiro atoms. The van der Waals surface area contributed by atoms with Gasteiger partial charge in [-0.15, -0.1) is 0 Å². The molecule has 30 heavy (non-hydrogen) atoms. The SMILES string of the molecule is O=C(Nc1cc(Br)cc(C(F)(F)F)c1)c1cccnc1Nc1ccc2cn[nH]c2c1. The molecule has 0 fully saturated rings. The second-order valence-corrected chi connectivity index (χ2v) is 7.29. The Morgan fingerprint density at radius 1 is 1.07 bits per heavy atom. The fourth-order valence-electron chi connectivity index (χ4n) is 2.86. The minimum absolute atomic E-state index is 0.00961. The van der Waals surface area contributed by atoms with Crippen LogP contribution in [0.5, 0.6) is 0 Å². The fourth-order valence-corrected chi connectivity index (χ4v) is 3.36. The first kappa shape index (κ1) is 19.9. The molecule has 152 valence electrons. The van der Waals surface area contributed by atoms with Crippen LogP contribution in [-0.2, 0) is 6.18 Å². The maximum atomic E-state index is 13.0. The van der Waals surface area contributed by atoms with Gasteiger partial charge in [0, 0.05) is 27.4 Å². The van der Waals surface area contributed by atoms with Crippen LogP contribution in [0.2, 0.25) is 0 Å². The summed E-state index contributed by atoms with van der Waals surface area (Å²) in [5.74, 6) is -0.334. The molecule has 10 heteroatoms. The van der Waals surface area contributed by atoms with Crippen molar-refractivity contribution in [2.75, 3.05) is 10.6 Å². The van der Waals surface area contributed by atoms with Gasteiger partial charge < -0.3 is 10.6 Å². The Morgan fingerprint density at radius 2 is 1.90 bits per heavy atom. The second kappa shape index (κ2) is 7.79. The minimum Gasteiger partial charge on any atom is -0.340 e. The molecule has 0 aliphatic rings. The summed E-state index contributed by atoms with van der Waals surface area (Å²) in [4.78, 5) is 17.0. The van der Waals surface area contributed by atoms with E-state index in [-0.39, 0.29) is 21.5 Å². The first-order chi connectivity index (χ1) is 14.3. The minimum atomic E-state index is -4.53. The van der Waals surface area contributed by atoms with Gasteiger partial charge in [-0.2, -0.15) is 18.3 Å². The van der Waals surface area contributed by atoms with Crippen molar-refractivity contribution in [2.24, 2.45) is 0 Å². The number of fused-ring (bicyclic) bond motifs is 1. The molecule has 0 atom stereocenters. The molecule has 2 aromatic heterocycles. The van der Waals surface area contributed by atoms with Crippen molar-refractivity contribution in [2.45, 2.75) is 6.18 Å². The third-order valence-corrected chi connectivity index (χ3v) is 4.70. The van der Waals surface area contributed by atoms with E-state index < -0.39 is 17.6 Å². The predicted octanol–water partition coefficient (Wildman–Crippen LogP) is 5.74. The lowest BCUT2D eigenvalue weighted by Gasteiger charge is -2.13. The zero-order valence-corrected chi connectivity index (χ0v) is 16.7. The van der Waals surface area contributed by atoms with Crippen molar-refractivity contribution >= 4 is 49.9 Å². The van der Waals surface area contributed by atoms with E-state index in [4.69, 9.17) is 0 Å². The number of rotatable bonds is 4. The van der Waals surface area contributed by atoms with E-state index in [9.17, 15) is 18.0 Å². The lowest BCUT2D eigenvalue weighted by Crippen LogP contribution is -2.15. The van der Waals surface area contributed by atoms with Gasteiger partial charge in [0.2, 0.25) is 0 Å². The Labute approximate surface area is 176 Å². The number of aromatic nitrogens is 3. The summed E-state index contributed by atoms with van der Waals surface area (Å²) in [7, 11) is 0. The van der Waals surface area contributed by atoms with E-state index in [0.717, 1.165) is 23.0 Å². The van der Waals surface area contributed by atoms with Gasteiger partial charge in [-0.05, 0) is 48.5 Å². The monoisotopic (exact) mass is 475 g/mol. The van der Waals surface area contributed by atoms with Gasteiger partial charge in [0.1, 0.15) is 5.82 Å². The number of aromatic amines is 1. The van der Waals surface area contributed by atoms with Gasteiger partial charge in [-0.25, -0.2) is 4.98 Å². The topological polar surface area (TPSA) is 82.7 Å². The summed E-state index contributed by atoms with van der Waals surface area (Å²) in [5, 5.41) is 13.3. The summed E-state index contributed by atoms with van der Waals surface area (Å²) < 4.78 is 39.3. The average Bonchev–Trinajstić information content (AvgIpc) is 3.15. The number of carbonyl (C=O) groups is 1. The molecule has 3 N–H and O–H groups in total. The second-order valence-electron chi connectivity index (χ2n) is 6.38. The largest absolute Gasteiger partial charge is 0.416 e. The Kier molecular flexibility index (Phi) is 5.17. The quantitative estimate of drug-likeness (QED) is 0.351. The van der Waals surface area contributed by atoms with Gasteiger partial charge in [-0.3, -0.25) is 9.89 Å². The first-order valence-electron chi connectivity index (χ1n) is 8.64. The van der Waals surface area contributed by atoms with Crippen LogP contribution in [0.15, 0.2) is 65.4 Å². The molecule has 0 bridgehead atoms. The Balaban J connectivity index is 1.60. The molecule has 2 heterocycles. The third kappa shape index (κ3) is 4.28. The zero-order valence-electron chi connectivity index (χ0n) is 15.1. The molecule has 2 aromatic carbocycles. The number of hydrogen-bond donors (Lipinski definition) is 3. The van der Waals surface area contributed by atoms with Crippen molar-refractivity contribution in [3.05, 3.63) is 76.5 Å². The Morgan fingerprint density at radius 3 is 2.70 bits per heavy atom. The summed E-state index contributed by atoms with van der Waals surface area (Å²) in [6.45, 7) is 0. The Bertz CT molecular complexity index is 1240. The van der Waals surface area contributed by atoms with E-state index in [2.05, 4.69) is 41.7 Å². The highest BCUT2D eigenvalue weighted by atomic mass is 79.9. The van der Waals surface area contributed by atoms with E-state index >= 15 is 0 Å². The average molecular weight is 476 g/mol. The number of H-pyrrole nitrogens is 1. The summed E-state index contributed by atoms with van der Waals surface area (Å²) >= 11 is 3.04. The molecule has 0 saturated heterocycles. The van der Waals surface area contributed by atoms with E-state index in [1.54, 1.807) is 18.3 Å². The summed E-state index contributed by atoms with van der Waals surface area (Å²) in [6.07, 6.45) is -1.34. The number of hydrogen-bond acceptors (Lipinski definition) is 4. The number of carbonyl (C=O) groups excluding carboxylic acids is 1. The van der Waals surface area contributed by atoms with Gasteiger partial charge in [0.15, 0.2) is 0 Å². The van der Waals surface area contributed by atoms with Crippen molar-refractivity contribution in [3.8, 4) is 0 Å². The highest BCUT2D eigenvalue weighted by molar-refractivity contribution is 9.10. The van der Waals surface area contributed by atoms with Crippen LogP contribution in [0.3, 0.4) is 0 Å². The molecule has 6 nitrogen and oxygen atoms in total.